The van der Waals surface area contributed by atoms with Crippen LogP contribution in [0.15, 0.2) is 0 Å². The molecule has 0 radical (unpaired) electrons. The maximum Gasteiger partial charge on any atom is 0.0772 e. The minimum absolute atomic E-state index is 0.447. The van der Waals surface area contributed by atoms with Gasteiger partial charge < -0.3 is 15.3 Å². The van der Waals surface area contributed by atoms with Gasteiger partial charge in [-0.1, -0.05) is 25.7 Å². The summed E-state index contributed by atoms with van der Waals surface area (Å²) in [6.45, 7) is 1.99. The van der Waals surface area contributed by atoms with Crippen LogP contribution < -0.4 is 5.32 Å². The average Bonchev–Trinajstić information content (AvgIpc) is 2.90. The average molecular weight is 268 g/mol. The van der Waals surface area contributed by atoms with Crippen molar-refractivity contribution in [2.45, 2.75) is 69.4 Å². The molecule has 0 saturated heterocycles. The SMILES string of the molecule is CNCC1(O)CCC(N(C)CCC2CCCC2)CC1. The molecule has 2 rings (SSSR count). The predicted octanol–water partition coefficient (Wildman–Crippen LogP) is 2.39. The fourth-order valence-corrected chi connectivity index (χ4v) is 3.95. The second-order valence-electron chi connectivity index (χ2n) is 6.91. The van der Waals surface area contributed by atoms with E-state index < -0.39 is 5.60 Å². The molecule has 0 atom stereocenters. The lowest BCUT2D eigenvalue weighted by atomic mass is 9.81. The van der Waals surface area contributed by atoms with Crippen LogP contribution in [0.1, 0.15) is 57.8 Å². The zero-order valence-electron chi connectivity index (χ0n) is 12.8. The van der Waals surface area contributed by atoms with Gasteiger partial charge >= 0.3 is 0 Å². The lowest BCUT2D eigenvalue weighted by Gasteiger charge is -2.39. The van der Waals surface area contributed by atoms with Crippen LogP contribution in [0.25, 0.3) is 0 Å². The second-order valence-corrected chi connectivity index (χ2v) is 6.91. The molecule has 3 heteroatoms. The zero-order chi connectivity index (χ0) is 13.7. The number of rotatable bonds is 6. The Kier molecular flexibility index (Phi) is 5.67. The number of hydrogen-bond donors (Lipinski definition) is 2. The monoisotopic (exact) mass is 268 g/mol. The fraction of sp³-hybridized carbons (Fsp3) is 1.00. The third-order valence-electron chi connectivity index (χ3n) is 5.38. The van der Waals surface area contributed by atoms with Crippen molar-refractivity contribution < 1.29 is 5.11 Å². The smallest absolute Gasteiger partial charge is 0.0772 e. The third-order valence-corrected chi connectivity index (χ3v) is 5.38. The number of nitrogens with zero attached hydrogens (tertiary/aromatic N) is 1. The van der Waals surface area contributed by atoms with Crippen LogP contribution in [-0.2, 0) is 0 Å². The van der Waals surface area contributed by atoms with Gasteiger partial charge in [-0.25, -0.2) is 0 Å². The first-order valence-corrected chi connectivity index (χ1v) is 8.20. The van der Waals surface area contributed by atoms with E-state index in [0.29, 0.717) is 6.04 Å². The summed E-state index contributed by atoms with van der Waals surface area (Å²) >= 11 is 0. The maximum absolute atomic E-state index is 10.4. The molecule has 2 aliphatic carbocycles. The van der Waals surface area contributed by atoms with Crippen molar-refractivity contribution in [3.8, 4) is 0 Å². The van der Waals surface area contributed by atoms with Gasteiger partial charge in [-0.05, 0) is 58.7 Å². The van der Waals surface area contributed by atoms with Crippen LogP contribution in [0.2, 0.25) is 0 Å². The second kappa shape index (κ2) is 7.05. The van der Waals surface area contributed by atoms with Crippen LogP contribution in [0, 0.1) is 5.92 Å². The summed E-state index contributed by atoms with van der Waals surface area (Å²) in [4.78, 5) is 2.55. The van der Waals surface area contributed by atoms with Gasteiger partial charge in [-0.2, -0.15) is 0 Å². The molecule has 0 aromatic heterocycles. The van der Waals surface area contributed by atoms with Crippen LogP contribution in [0.4, 0.5) is 0 Å². The van der Waals surface area contributed by atoms with E-state index in [-0.39, 0.29) is 0 Å². The number of aliphatic hydroxyl groups is 1. The summed E-state index contributed by atoms with van der Waals surface area (Å²) in [7, 11) is 4.21. The minimum atomic E-state index is -0.447. The Morgan fingerprint density at radius 1 is 1.16 bits per heavy atom. The first-order chi connectivity index (χ1) is 9.13. The van der Waals surface area contributed by atoms with Gasteiger partial charge in [0.1, 0.15) is 0 Å². The highest BCUT2D eigenvalue weighted by molar-refractivity contribution is 4.89. The van der Waals surface area contributed by atoms with Crippen LogP contribution in [0.3, 0.4) is 0 Å². The molecule has 0 aromatic carbocycles. The maximum atomic E-state index is 10.4. The summed E-state index contributed by atoms with van der Waals surface area (Å²) in [5, 5.41) is 13.5. The van der Waals surface area contributed by atoms with Crippen molar-refractivity contribution in [3.05, 3.63) is 0 Å². The summed E-state index contributed by atoms with van der Waals surface area (Å²) in [5.74, 6) is 0.993. The molecule has 2 N–H and O–H groups in total. The third kappa shape index (κ3) is 4.44. The van der Waals surface area contributed by atoms with E-state index >= 15 is 0 Å². The molecular formula is C16H32N2O. The Hall–Kier alpha value is -0.120. The van der Waals surface area contributed by atoms with Crippen LogP contribution >= 0.6 is 0 Å². The van der Waals surface area contributed by atoms with Gasteiger partial charge in [0.05, 0.1) is 5.60 Å². The van der Waals surface area contributed by atoms with E-state index in [2.05, 4.69) is 17.3 Å². The lowest BCUT2D eigenvalue weighted by Crippen LogP contribution is -2.47. The largest absolute Gasteiger partial charge is 0.389 e. The molecule has 0 aliphatic heterocycles. The standard InChI is InChI=1S/C16H32N2O/c1-17-13-16(19)10-7-15(8-11-16)18(2)12-9-14-5-3-4-6-14/h14-15,17,19H,3-13H2,1-2H3. The molecular weight excluding hydrogens is 236 g/mol. The van der Waals surface area contributed by atoms with E-state index in [1.54, 1.807) is 0 Å². The van der Waals surface area contributed by atoms with Crippen molar-refractivity contribution in [2.24, 2.45) is 5.92 Å². The Labute approximate surface area is 118 Å². The number of nitrogens with one attached hydrogen (secondary N) is 1. The lowest BCUT2D eigenvalue weighted by molar-refractivity contribution is -0.0150. The molecule has 0 amide bonds. The van der Waals surface area contributed by atoms with Gasteiger partial charge in [0.25, 0.3) is 0 Å². The Balaban J connectivity index is 1.68. The topological polar surface area (TPSA) is 35.5 Å². The van der Waals surface area contributed by atoms with Gasteiger partial charge in [0, 0.05) is 12.6 Å². The zero-order valence-corrected chi connectivity index (χ0v) is 12.8. The molecule has 0 spiro atoms. The predicted molar refractivity (Wildman–Crippen MR) is 80.3 cm³/mol. The Morgan fingerprint density at radius 3 is 2.37 bits per heavy atom. The molecule has 3 nitrogen and oxygen atoms in total. The highest BCUT2D eigenvalue weighted by Crippen LogP contribution is 2.31. The van der Waals surface area contributed by atoms with Gasteiger partial charge in [0.2, 0.25) is 0 Å². The molecule has 2 aliphatic rings. The highest BCUT2D eigenvalue weighted by Gasteiger charge is 2.33. The summed E-state index contributed by atoms with van der Waals surface area (Å²) < 4.78 is 0. The van der Waals surface area contributed by atoms with Gasteiger partial charge in [0.15, 0.2) is 0 Å². The Morgan fingerprint density at radius 2 is 1.79 bits per heavy atom. The van der Waals surface area contributed by atoms with Gasteiger partial charge in [-0.3, -0.25) is 0 Å². The summed E-state index contributed by atoms with van der Waals surface area (Å²) in [6, 6.07) is 0.693. The molecule has 2 saturated carbocycles. The molecule has 112 valence electrons. The van der Waals surface area contributed by atoms with E-state index in [1.807, 2.05) is 7.05 Å². The first kappa shape index (κ1) is 15.3. The normalized spacial score (nSPS) is 33.2. The minimum Gasteiger partial charge on any atom is -0.389 e. The molecule has 2 fully saturated rings. The van der Waals surface area contributed by atoms with E-state index in [1.165, 1.54) is 38.6 Å². The van der Waals surface area contributed by atoms with Crippen molar-refractivity contribution in [3.63, 3.8) is 0 Å². The molecule has 0 heterocycles. The van der Waals surface area contributed by atoms with E-state index in [4.69, 9.17) is 0 Å². The molecule has 0 bridgehead atoms. The fourth-order valence-electron chi connectivity index (χ4n) is 3.95. The summed E-state index contributed by atoms with van der Waals surface area (Å²) in [6.07, 6.45) is 11.4. The van der Waals surface area contributed by atoms with Crippen molar-refractivity contribution >= 4 is 0 Å². The first-order valence-electron chi connectivity index (χ1n) is 8.20. The van der Waals surface area contributed by atoms with Crippen LogP contribution in [0.5, 0.6) is 0 Å². The van der Waals surface area contributed by atoms with Crippen molar-refractivity contribution in [1.82, 2.24) is 10.2 Å². The van der Waals surface area contributed by atoms with Gasteiger partial charge in [-0.15, -0.1) is 0 Å². The van der Waals surface area contributed by atoms with E-state index in [0.717, 1.165) is 38.1 Å². The van der Waals surface area contributed by atoms with Crippen LogP contribution in [-0.4, -0.2) is 48.8 Å². The van der Waals surface area contributed by atoms with E-state index in [9.17, 15) is 5.11 Å². The van der Waals surface area contributed by atoms with Crippen molar-refractivity contribution in [1.29, 1.82) is 0 Å². The molecule has 0 unspecified atom stereocenters. The number of hydrogen-bond acceptors (Lipinski definition) is 3. The number of likely N-dealkylation sites (N-methyl/N-ethyl adjacent to an activating group) is 1. The highest BCUT2D eigenvalue weighted by atomic mass is 16.3. The van der Waals surface area contributed by atoms with Crippen molar-refractivity contribution in [2.75, 3.05) is 27.2 Å². The molecule has 0 aromatic rings. The molecule has 19 heavy (non-hydrogen) atoms. The quantitative estimate of drug-likeness (QED) is 0.776. The Bertz CT molecular complexity index is 255. The summed E-state index contributed by atoms with van der Waals surface area (Å²) in [5.41, 5.74) is -0.447.